The number of nitrogens with zero attached hydrogens (tertiary/aromatic N) is 2. The molecule has 1 aliphatic rings. The van der Waals surface area contributed by atoms with E-state index >= 15 is 0 Å². The number of benzene rings is 2. The van der Waals surface area contributed by atoms with Crippen LogP contribution in [0.25, 0.3) is 0 Å². The van der Waals surface area contributed by atoms with Crippen LogP contribution in [0.2, 0.25) is 5.02 Å². The summed E-state index contributed by atoms with van der Waals surface area (Å²) in [6.07, 6.45) is 5.50. The Labute approximate surface area is 197 Å². The van der Waals surface area contributed by atoms with Crippen LogP contribution in [-0.2, 0) is 9.59 Å². The number of rotatable bonds is 9. The maximum atomic E-state index is 13.1. The molecule has 1 aliphatic heterocycles. The van der Waals surface area contributed by atoms with Crippen molar-refractivity contribution in [2.45, 2.75) is 50.7 Å². The Morgan fingerprint density at radius 1 is 1.12 bits per heavy atom. The largest absolute Gasteiger partial charge is 0.325 e. The molecular formula is C24H27ClFN3O2S. The van der Waals surface area contributed by atoms with E-state index in [1.165, 1.54) is 42.4 Å². The lowest BCUT2D eigenvalue weighted by molar-refractivity contribution is -0.129. The Morgan fingerprint density at radius 3 is 2.50 bits per heavy atom. The van der Waals surface area contributed by atoms with Gasteiger partial charge in [-0.15, -0.1) is 0 Å². The summed E-state index contributed by atoms with van der Waals surface area (Å²) in [6.45, 7) is 2.74. The maximum Gasteiger partial charge on any atom is 0.238 e. The maximum absolute atomic E-state index is 13.1. The third kappa shape index (κ3) is 7.07. The SMILES string of the molecule is CCCCCCCN1C(=O)CC(C(=O)Nc2ccc(F)cc2)SC1=Nc1ccc(Cl)cc1. The van der Waals surface area contributed by atoms with Crippen LogP contribution in [0.15, 0.2) is 53.5 Å². The summed E-state index contributed by atoms with van der Waals surface area (Å²) >= 11 is 7.25. The fourth-order valence-corrected chi connectivity index (χ4v) is 4.57. The van der Waals surface area contributed by atoms with E-state index in [0.717, 1.165) is 25.7 Å². The van der Waals surface area contributed by atoms with Crippen LogP contribution in [-0.4, -0.2) is 33.7 Å². The first-order valence-electron chi connectivity index (χ1n) is 10.8. The topological polar surface area (TPSA) is 61.8 Å². The van der Waals surface area contributed by atoms with Crippen LogP contribution in [0.5, 0.6) is 0 Å². The molecule has 0 aromatic heterocycles. The molecule has 1 saturated heterocycles. The number of thioether (sulfide) groups is 1. The normalized spacial score (nSPS) is 17.6. The molecule has 2 aromatic rings. The van der Waals surface area contributed by atoms with Crippen molar-refractivity contribution < 1.29 is 14.0 Å². The van der Waals surface area contributed by atoms with Gasteiger partial charge in [0.2, 0.25) is 11.8 Å². The number of hydrogen-bond acceptors (Lipinski definition) is 4. The second-order valence-electron chi connectivity index (χ2n) is 7.64. The lowest BCUT2D eigenvalue weighted by Crippen LogP contribution is -2.45. The first-order valence-corrected chi connectivity index (χ1v) is 12.1. The zero-order chi connectivity index (χ0) is 22.9. The molecule has 0 saturated carbocycles. The highest BCUT2D eigenvalue weighted by molar-refractivity contribution is 8.15. The van der Waals surface area contributed by atoms with Crippen LogP contribution in [0.3, 0.4) is 0 Å². The van der Waals surface area contributed by atoms with Crippen molar-refractivity contribution in [2.75, 3.05) is 11.9 Å². The molecule has 2 aromatic carbocycles. The van der Waals surface area contributed by atoms with E-state index in [1.54, 1.807) is 29.2 Å². The lowest BCUT2D eigenvalue weighted by Gasteiger charge is -2.31. The zero-order valence-electron chi connectivity index (χ0n) is 18.0. The van der Waals surface area contributed by atoms with Crippen LogP contribution < -0.4 is 5.32 Å². The third-order valence-electron chi connectivity index (χ3n) is 5.08. The molecule has 0 radical (unpaired) electrons. The molecule has 1 unspecified atom stereocenters. The molecule has 0 aliphatic carbocycles. The van der Waals surface area contributed by atoms with E-state index in [0.29, 0.717) is 28.1 Å². The van der Waals surface area contributed by atoms with Crippen molar-refractivity contribution in [3.63, 3.8) is 0 Å². The fraction of sp³-hybridized carbons (Fsp3) is 0.375. The second kappa shape index (κ2) is 12.0. The molecule has 0 bridgehead atoms. The average molecular weight is 476 g/mol. The number of amidine groups is 1. The van der Waals surface area contributed by atoms with Gasteiger partial charge in [0.25, 0.3) is 0 Å². The highest BCUT2D eigenvalue weighted by Crippen LogP contribution is 2.30. The summed E-state index contributed by atoms with van der Waals surface area (Å²) in [4.78, 5) is 32.1. The molecule has 5 nitrogen and oxygen atoms in total. The number of anilines is 1. The molecule has 3 rings (SSSR count). The van der Waals surface area contributed by atoms with Gasteiger partial charge in [0.05, 0.1) is 5.69 Å². The molecule has 1 N–H and O–H groups in total. The van der Waals surface area contributed by atoms with Gasteiger partial charge in [-0.05, 0) is 55.0 Å². The van der Waals surface area contributed by atoms with E-state index in [-0.39, 0.29) is 24.1 Å². The van der Waals surface area contributed by atoms with E-state index in [1.807, 2.05) is 0 Å². The molecule has 32 heavy (non-hydrogen) atoms. The van der Waals surface area contributed by atoms with Gasteiger partial charge in [-0.1, -0.05) is 56.0 Å². The minimum atomic E-state index is -0.616. The van der Waals surface area contributed by atoms with Crippen molar-refractivity contribution >= 4 is 51.7 Å². The first-order chi connectivity index (χ1) is 15.5. The number of carbonyl (C=O) groups excluding carboxylic acids is 2. The van der Waals surface area contributed by atoms with Gasteiger partial charge in [-0.3, -0.25) is 14.5 Å². The van der Waals surface area contributed by atoms with Crippen LogP contribution >= 0.6 is 23.4 Å². The van der Waals surface area contributed by atoms with Crippen molar-refractivity contribution in [3.8, 4) is 0 Å². The molecule has 170 valence electrons. The van der Waals surface area contributed by atoms with Crippen molar-refractivity contribution in [3.05, 3.63) is 59.4 Å². The van der Waals surface area contributed by atoms with E-state index in [9.17, 15) is 14.0 Å². The summed E-state index contributed by atoms with van der Waals surface area (Å²) in [7, 11) is 0. The van der Waals surface area contributed by atoms with Gasteiger partial charge >= 0.3 is 0 Å². The molecular weight excluding hydrogens is 449 g/mol. The van der Waals surface area contributed by atoms with Gasteiger partial charge < -0.3 is 5.32 Å². The average Bonchev–Trinajstić information content (AvgIpc) is 2.78. The molecule has 2 amide bonds. The predicted molar refractivity (Wildman–Crippen MR) is 130 cm³/mol. The van der Waals surface area contributed by atoms with Gasteiger partial charge in [0.1, 0.15) is 11.1 Å². The Hall–Kier alpha value is -2.38. The lowest BCUT2D eigenvalue weighted by atomic mass is 10.1. The van der Waals surface area contributed by atoms with Gasteiger partial charge in [0, 0.05) is 23.7 Å². The van der Waals surface area contributed by atoms with Crippen molar-refractivity contribution in [2.24, 2.45) is 4.99 Å². The number of halogens is 2. The highest BCUT2D eigenvalue weighted by Gasteiger charge is 2.35. The van der Waals surface area contributed by atoms with E-state index < -0.39 is 5.25 Å². The zero-order valence-corrected chi connectivity index (χ0v) is 19.6. The standard InChI is InChI=1S/C24H27ClFN3O2S/c1-2-3-4-5-6-15-29-22(30)16-21(23(31)27-19-13-9-18(26)10-14-19)32-24(29)28-20-11-7-17(25)8-12-20/h7-14,21H,2-6,15-16H2,1H3,(H,27,31). The quantitative estimate of drug-likeness (QED) is 0.426. The van der Waals surface area contributed by atoms with Crippen molar-refractivity contribution in [1.29, 1.82) is 0 Å². The number of aliphatic imine (C=N–C) groups is 1. The van der Waals surface area contributed by atoms with Crippen LogP contribution in [0.4, 0.5) is 15.8 Å². The highest BCUT2D eigenvalue weighted by atomic mass is 35.5. The summed E-state index contributed by atoms with van der Waals surface area (Å²) in [5, 5.41) is 3.26. The van der Waals surface area contributed by atoms with Gasteiger partial charge in [-0.25, -0.2) is 9.38 Å². The first kappa shape index (κ1) is 24.3. The minimum absolute atomic E-state index is 0.0896. The number of amides is 2. The third-order valence-corrected chi connectivity index (χ3v) is 6.52. The Morgan fingerprint density at radius 2 is 1.81 bits per heavy atom. The summed E-state index contributed by atoms with van der Waals surface area (Å²) in [5.41, 5.74) is 1.15. The second-order valence-corrected chi connectivity index (χ2v) is 9.24. The predicted octanol–water partition coefficient (Wildman–Crippen LogP) is 6.41. The van der Waals surface area contributed by atoms with Crippen LogP contribution in [0, 0.1) is 5.82 Å². The van der Waals surface area contributed by atoms with E-state index in [4.69, 9.17) is 11.6 Å². The molecule has 0 spiro atoms. The van der Waals surface area contributed by atoms with Crippen molar-refractivity contribution in [1.82, 2.24) is 4.90 Å². The summed E-state index contributed by atoms with van der Waals surface area (Å²) in [5.74, 6) is -0.801. The smallest absolute Gasteiger partial charge is 0.238 e. The fourth-order valence-electron chi connectivity index (χ4n) is 3.32. The Balaban J connectivity index is 1.74. The Kier molecular flexibility index (Phi) is 9.11. The Bertz CT molecular complexity index is 951. The van der Waals surface area contributed by atoms with E-state index in [2.05, 4.69) is 17.2 Å². The molecule has 1 atom stereocenters. The number of unbranched alkanes of at least 4 members (excludes halogenated alkanes) is 4. The number of carbonyl (C=O) groups is 2. The number of nitrogens with one attached hydrogen (secondary N) is 1. The van der Waals surface area contributed by atoms with Crippen LogP contribution in [0.1, 0.15) is 45.4 Å². The molecule has 8 heteroatoms. The number of hydrogen-bond donors (Lipinski definition) is 1. The summed E-state index contributed by atoms with van der Waals surface area (Å²) in [6, 6.07) is 12.6. The van der Waals surface area contributed by atoms with Gasteiger partial charge in [-0.2, -0.15) is 0 Å². The van der Waals surface area contributed by atoms with Gasteiger partial charge in [0.15, 0.2) is 5.17 Å². The molecule has 1 fully saturated rings. The summed E-state index contributed by atoms with van der Waals surface area (Å²) < 4.78 is 13.1. The minimum Gasteiger partial charge on any atom is -0.325 e. The monoisotopic (exact) mass is 475 g/mol. The molecule has 1 heterocycles.